The van der Waals surface area contributed by atoms with E-state index >= 15 is 4.79 Å². The molecule has 3 amide bonds. The fourth-order valence-electron chi connectivity index (χ4n) is 7.02. The predicted molar refractivity (Wildman–Crippen MR) is 245 cm³/mol. The van der Waals surface area contributed by atoms with Crippen LogP contribution in [0.15, 0.2) is 66.7 Å². The lowest BCUT2D eigenvalue weighted by Crippen LogP contribution is -2.57. The third-order valence-electron chi connectivity index (χ3n) is 10.0. The van der Waals surface area contributed by atoms with Gasteiger partial charge >= 0.3 is 12.1 Å². The van der Waals surface area contributed by atoms with Crippen LogP contribution in [0.25, 0.3) is 0 Å². The number of fused-ring (bicyclic) bond motifs is 1. The average molecular weight is 998 g/mol. The van der Waals surface area contributed by atoms with Gasteiger partial charge in [0.25, 0.3) is 0 Å². The lowest BCUT2D eigenvalue weighted by atomic mass is 9.96. The second-order valence-corrected chi connectivity index (χ2v) is 16.9. The van der Waals surface area contributed by atoms with E-state index in [2.05, 4.69) is 33.2 Å². The van der Waals surface area contributed by atoms with Gasteiger partial charge in [0, 0.05) is 37.3 Å². The molecule has 0 radical (unpaired) electrons. The van der Waals surface area contributed by atoms with E-state index in [9.17, 15) is 14.4 Å². The highest BCUT2D eigenvalue weighted by atomic mass is 127. The molecule has 16 nitrogen and oxygen atoms in total. The van der Waals surface area contributed by atoms with Gasteiger partial charge in [0.15, 0.2) is 29.8 Å². The standard InChI is InChI=1S/C47H56IN3O13/c1-27-20-32(39(48)43(40(27)58-10)60-23-31-14-12-11-13-15-31)21-36(50-46(55)64-47(5,6)7)45(54)51(29(3)44(53)49-33-16-18-34(57-9)19-17-33)37(24-59-30(4)52)35-22-38(61-25-56-8)28(2)41-42(35)63-26-62-41/h11-20,22,29,36-37H,21,23-26H2,1-10H3,(H,49,53)(H,50,55)/t29?,36-,37+/m1/s1. The summed E-state index contributed by atoms with van der Waals surface area (Å²) in [5.74, 6) is 0.421. The van der Waals surface area contributed by atoms with Crippen LogP contribution >= 0.6 is 22.6 Å². The molecule has 1 aliphatic heterocycles. The van der Waals surface area contributed by atoms with Crippen LogP contribution in [0.1, 0.15) is 68.5 Å². The van der Waals surface area contributed by atoms with Crippen LogP contribution in [-0.2, 0) is 41.6 Å². The van der Waals surface area contributed by atoms with Gasteiger partial charge in [-0.3, -0.25) is 14.4 Å². The largest absolute Gasteiger partial charge is 0.497 e. The lowest BCUT2D eigenvalue weighted by Gasteiger charge is -2.38. The Morgan fingerprint density at radius 2 is 1.58 bits per heavy atom. The Balaban J connectivity index is 1.69. The summed E-state index contributed by atoms with van der Waals surface area (Å²) in [6.45, 7) is 11.0. The Bertz CT molecular complexity index is 2280. The topological polar surface area (TPSA) is 179 Å². The first-order chi connectivity index (χ1) is 30.5. The first-order valence-corrected chi connectivity index (χ1v) is 21.5. The van der Waals surface area contributed by atoms with Gasteiger partial charge in [0.1, 0.15) is 42.4 Å². The number of methoxy groups -OCH3 is 3. The molecule has 0 saturated heterocycles. The molecule has 17 heteroatoms. The summed E-state index contributed by atoms with van der Waals surface area (Å²) in [6, 6.07) is 15.8. The molecule has 0 aromatic heterocycles. The number of halogens is 1. The molecule has 1 aliphatic rings. The Labute approximate surface area is 387 Å². The van der Waals surface area contributed by atoms with Crippen molar-refractivity contribution in [2.45, 2.75) is 85.2 Å². The van der Waals surface area contributed by atoms with Gasteiger partial charge in [-0.15, -0.1) is 0 Å². The Morgan fingerprint density at radius 1 is 0.891 bits per heavy atom. The summed E-state index contributed by atoms with van der Waals surface area (Å²) in [6.07, 6.45) is -0.998. The van der Waals surface area contributed by atoms with E-state index in [1.165, 1.54) is 33.0 Å². The van der Waals surface area contributed by atoms with Crippen LogP contribution in [0.2, 0.25) is 0 Å². The number of carbonyl (C=O) groups is 4. The number of alkyl carbamates (subject to hydrolysis) is 1. The van der Waals surface area contributed by atoms with Crippen molar-refractivity contribution in [3.05, 3.63) is 98.1 Å². The van der Waals surface area contributed by atoms with Crippen molar-refractivity contribution in [2.75, 3.05) is 46.8 Å². The highest BCUT2D eigenvalue weighted by Crippen LogP contribution is 2.48. The SMILES string of the molecule is COCOc1cc([C@H](COC(C)=O)N(C(=O)[C@@H](Cc2cc(C)c(OC)c(OCc3ccccc3)c2I)NC(=O)OC(C)(C)C)C(C)C(=O)Nc2ccc(OC)cc2)c2c(c1C)OCO2. The van der Waals surface area contributed by atoms with Crippen molar-refractivity contribution in [3.8, 4) is 34.5 Å². The van der Waals surface area contributed by atoms with Crippen molar-refractivity contribution in [3.63, 3.8) is 0 Å². The average Bonchev–Trinajstić information content (AvgIpc) is 3.76. The number of rotatable bonds is 19. The number of hydrogen-bond acceptors (Lipinski definition) is 13. The number of amides is 3. The summed E-state index contributed by atoms with van der Waals surface area (Å²) in [7, 11) is 4.54. The van der Waals surface area contributed by atoms with Crippen molar-refractivity contribution in [1.82, 2.24) is 10.2 Å². The fourth-order valence-corrected chi connectivity index (χ4v) is 7.80. The third-order valence-corrected chi connectivity index (χ3v) is 11.2. The highest BCUT2D eigenvalue weighted by molar-refractivity contribution is 14.1. The van der Waals surface area contributed by atoms with Crippen molar-refractivity contribution >= 4 is 52.2 Å². The van der Waals surface area contributed by atoms with Gasteiger partial charge < -0.3 is 58.2 Å². The van der Waals surface area contributed by atoms with Crippen LogP contribution < -0.4 is 39.1 Å². The fraction of sp³-hybridized carbons (Fsp3) is 0.404. The number of hydrogen-bond donors (Lipinski definition) is 2. The monoisotopic (exact) mass is 997 g/mol. The summed E-state index contributed by atoms with van der Waals surface area (Å²) < 4.78 is 52.6. The molecule has 0 saturated carbocycles. The van der Waals surface area contributed by atoms with Crippen molar-refractivity contribution in [1.29, 1.82) is 0 Å². The van der Waals surface area contributed by atoms with E-state index < -0.39 is 54.2 Å². The smallest absolute Gasteiger partial charge is 0.408 e. The first-order valence-electron chi connectivity index (χ1n) is 20.4. The maximum Gasteiger partial charge on any atom is 0.408 e. The van der Waals surface area contributed by atoms with Crippen molar-refractivity contribution in [2.24, 2.45) is 0 Å². The second-order valence-electron chi connectivity index (χ2n) is 15.9. The molecule has 0 fully saturated rings. The van der Waals surface area contributed by atoms with E-state index in [-0.39, 0.29) is 32.4 Å². The van der Waals surface area contributed by atoms with Crippen molar-refractivity contribution < 1.29 is 61.8 Å². The quantitative estimate of drug-likeness (QED) is 0.0529. The predicted octanol–water partition coefficient (Wildman–Crippen LogP) is 7.81. The molecule has 4 aromatic carbocycles. The van der Waals surface area contributed by atoms with Crippen LogP contribution in [0.5, 0.6) is 34.5 Å². The molecule has 1 unspecified atom stereocenters. The molecule has 344 valence electrons. The zero-order chi connectivity index (χ0) is 46.7. The Hall–Kier alpha value is -5.95. The number of anilines is 1. The molecule has 0 bridgehead atoms. The van der Waals surface area contributed by atoms with Gasteiger partial charge in [0.05, 0.1) is 23.8 Å². The Morgan fingerprint density at radius 3 is 2.20 bits per heavy atom. The molecule has 0 spiro atoms. The number of carbonyl (C=O) groups excluding carboxylic acids is 4. The minimum atomic E-state index is -1.39. The van der Waals surface area contributed by atoms with E-state index in [1.807, 2.05) is 43.3 Å². The normalized spacial score (nSPS) is 13.2. The molecule has 1 heterocycles. The van der Waals surface area contributed by atoms with Gasteiger partial charge in [-0.1, -0.05) is 36.4 Å². The van der Waals surface area contributed by atoms with E-state index in [0.717, 1.165) is 5.56 Å². The number of esters is 1. The minimum Gasteiger partial charge on any atom is -0.497 e. The molecule has 4 aromatic rings. The molecule has 0 aliphatic carbocycles. The summed E-state index contributed by atoms with van der Waals surface area (Å²) in [4.78, 5) is 57.9. The van der Waals surface area contributed by atoms with E-state index in [0.29, 0.717) is 60.3 Å². The lowest BCUT2D eigenvalue weighted by molar-refractivity contribution is -0.150. The molecular formula is C47H56IN3O13. The zero-order valence-corrected chi connectivity index (χ0v) is 39.9. The second kappa shape index (κ2) is 22.1. The third kappa shape index (κ3) is 12.4. The zero-order valence-electron chi connectivity index (χ0n) is 37.8. The summed E-state index contributed by atoms with van der Waals surface area (Å²) in [5.41, 5.74) is 2.60. The van der Waals surface area contributed by atoms with Gasteiger partial charge in [0.2, 0.25) is 18.6 Å². The molecule has 5 rings (SSSR count). The van der Waals surface area contributed by atoms with E-state index in [4.69, 9.17) is 42.6 Å². The van der Waals surface area contributed by atoms with E-state index in [1.54, 1.807) is 65.1 Å². The number of aryl methyl sites for hydroxylation is 1. The number of ether oxygens (including phenoxy) is 9. The van der Waals surface area contributed by atoms with Gasteiger partial charge in [-0.25, -0.2) is 4.79 Å². The molecular weight excluding hydrogens is 941 g/mol. The molecule has 3 atom stereocenters. The first kappa shape index (κ1) is 49.1. The van der Waals surface area contributed by atoms with Crippen LogP contribution in [0.4, 0.5) is 10.5 Å². The van der Waals surface area contributed by atoms with Crippen LogP contribution in [0.3, 0.4) is 0 Å². The number of benzene rings is 4. The minimum absolute atomic E-state index is 0.111. The molecule has 64 heavy (non-hydrogen) atoms. The van der Waals surface area contributed by atoms with Gasteiger partial charge in [-0.05, 0) is 111 Å². The van der Waals surface area contributed by atoms with Crippen LogP contribution in [0, 0.1) is 17.4 Å². The maximum atomic E-state index is 15.8. The van der Waals surface area contributed by atoms with Crippen LogP contribution in [-0.4, -0.2) is 88.0 Å². The van der Waals surface area contributed by atoms with Gasteiger partial charge in [-0.2, -0.15) is 0 Å². The Kier molecular flexibility index (Phi) is 16.9. The summed E-state index contributed by atoms with van der Waals surface area (Å²) in [5, 5.41) is 5.69. The number of nitrogens with one attached hydrogen (secondary N) is 2. The highest BCUT2D eigenvalue weighted by Gasteiger charge is 2.42. The maximum absolute atomic E-state index is 15.8. The number of nitrogens with zero attached hydrogens (tertiary/aromatic N) is 1. The molecule has 2 N–H and O–H groups in total. The summed E-state index contributed by atoms with van der Waals surface area (Å²) >= 11 is 2.14.